The van der Waals surface area contributed by atoms with Gasteiger partial charge in [-0.3, -0.25) is 14.5 Å². The molecule has 0 aliphatic carbocycles. The van der Waals surface area contributed by atoms with Crippen molar-refractivity contribution in [3.05, 3.63) is 41.0 Å². The van der Waals surface area contributed by atoms with Gasteiger partial charge in [0, 0.05) is 51.1 Å². The zero-order valence-electron chi connectivity index (χ0n) is 18.1. The Hall–Kier alpha value is -2.74. The number of rotatable bonds is 8. The third kappa shape index (κ3) is 5.89. The highest BCUT2D eigenvalue weighted by Crippen LogP contribution is 2.19. The SMILES string of the molecule is CCCc1noc(CCC(=O)N2CCN(CC(=O)Nc3c(C)cccc3C)CC2)n1. The Labute approximate surface area is 177 Å². The van der Waals surface area contributed by atoms with Crippen molar-refractivity contribution in [1.29, 1.82) is 0 Å². The average molecular weight is 414 g/mol. The number of hydrogen-bond donors (Lipinski definition) is 1. The molecule has 1 aliphatic heterocycles. The van der Waals surface area contributed by atoms with E-state index in [0.29, 0.717) is 57.3 Å². The molecule has 2 amide bonds. The Morgan fingerprint density at radius 3 is 2.47 bits per heavy atom. The highest BCUT2D eigenvalue weighted by atomic mass is 16.5. The summed E-state index contributed by atoms with van der Waals surface area (Å²) in [5.41, 5.74) is 3.00. The number of nitrogens with one attached hydrogen (secondary N) is 1. The molecule has 162 valence electrons. The summed E-state index contributed by atoms with van der Waals surface area (Å²) in [6, 6.07) is 5.97. The largest absolute Gasteiger partial charge is 0.340 e. The van der Waals surface area contributed by atoms with Gasteiger partial charge in [0.1, 0.15) is 0 Å². The second-order valence-electron chi connectivity index (χ2n) is 7.83. The lowest BCUT2D eigenvalue weighted by molar-refractivity contribution is -0.133. The van der Waals surface area contributed by atoms with Gasteiger partial charge in [-0.05, 0) is 31.4 Å². The molecule has 8 heteroatoms. The minimum Gasteiger partial charge on any atom is -0.340 e. The smallest absolute Gasteiger partial charge is 0.238 e. The normalized spacial score (nSPS) is 14.7. The molecule has 0 unspecified atom stereocenters. The quantitative estimate of drug-likeness (QED) is 0.714. The Balaban J connectivity index is 1.40. The molecule has 1 saturated heterocycles. The molecular formula is C22H31N5O3. The van der Waals surface area contributed by atoms with Crippen LogP contribution in [0.15, 0.2) is 22.7 Å². The first-order valence-corrected chi connectivity index (χ1v) is 10.6. The van der Waals surface area contributed by atoms with Crippen molar-refractivity contribution in [3.8, 4) is 0 Å². The number of para-hydroxylation sites is 1. The van der Waals surface area contributed by atoms with Crippen molar-refractivity contribution in [3.63, 3.8) is 0 Å². The van der Waals surface area contributed by atoms with Crippen LogP contribution in [-0.2, 0) is 22.4 Å². The molecule has 0 radical (unpaired) electrons. The molecule has 1 aliphatic rings. The minimum atomic E-state index is -0.0218. The highest BCUT2D eigenvalue weighted by Gasteiger charge is 2.23. The first kappa shape index (κ1) is 22.0. The molecule has 1 N–H and O–H groups in total. The van der Waals surface area contributed by atoms with Crippen LogP contribution >= 0.6 is 0 Å². The Kier molecular flexibility index (Phi) is 7.57. The van der Waals surface area contributed by atoms with E-state index >= 15 is 0 Å². The molecule has 0 atom stereocenters. The standard InChI is InChI=1S/C22H31N5O3/c1-4-6-18-23-20(30-25-18)9-10-21(29)27-13-11-26(12-14-27)15-19(28)24-22-16(2)7-5-8-17(22)3/h5,7-8H,4,6,9-15H2,1-3H3,(H,24,28). The fourth-order valence-electron chi connectivity index (χ4n) is 3.64. The fourth-order valence-corrected chi connectivity index (χ4v) is 3.64. The summed E-state index contributed by atoms with van der Waals surface area (Å²) in [4.78, 5) is 33.2. The second kappa shape index (κ2) is 10.3. The van der Waals surface area contributed by atoms with Crippen molar-refractivity contribution in [2.75, 3.05) is 38.0 Å². The molecule has 0 saturated carbocycles. The predicted octanol–water partition coefficient (Wildman–Crippen LogP) is 2.35. The Bertz CT molecular complexity index is 851. The zero-order valence-corrected chi connectivity index (χ0v) is 18.1. The highest BCUT2D eigenvalue weighted by molar-refractivity contribution is 5.93. The van der Waals surface area contributed by atoms with Crippen molar-refractivity contribution in [1.82, 2.24) is 19.9 Å². The van der Waals surface area contributed by atoms with Gasteiger partial charge >= 0.3 is 0 Å². The van der Waals surface area contributed by atoms with E-state index in [1.54, 1.807) is 0 Å². The number of aromatic nitrogens is 2. The Morgan fingerprint density at radius 1 is 1.10 bits per heavy atom. The van der Waals surface area contributed by atoms with Crippen LogP contribution in [0.25, 0.3) is 0 Å². The maximum Gasteiger partial charge on any atom is 0.238 e. The number of carbonyl (C=O) groups excluding carboxylic acids is 2. The molecular weight excluding hydrogens is 382 g/mol. The second-order valence-corrected chi connectivity index (χ2v) is 7.83. The molecule has 2 aromatic rings. The summed E-state index contributed by atoms with van der Waals surface area (Å²) in [6.07, 6.45) is 2.58. The molecule has 0 bridgehead atoms. The molecule has 1 fully saturated rings. The average Bonchev–Trinajstić information content (AvgIpc) is 3.17. The summed E-state index contributed by atoms with van der Waals surface area (Å²) >= 11 is 0. The van der Waals surface area contributed by atoms with Crippen LogP contribution in [0.1, 0.15) is 42.6 Å². The van der Waals surface area contributed by atoms with E-state index in [4.69, 9.17) is 4.52 Å². The number of benzene rings is 1. The monoisotopic (exact) mass is 413 g/mol. The van der Waals surface area contributed by atoms with E-state index in [9.17, 15) is 9.59 Å². The molecule has 3 rings (SSSR count). The topological polar surface area (TPSA) is 91.6 Å². The predicted molar refractivity (Wildman–Crippen MR) is 114 cm³/mol. The van der Waals surface area contributed by atoms with E-state index in [1.165, 1.54) is 0 Å². The summed E-state index contributed by atoms with van der Waals surface area (Å²) in [6.45, 7) is 9.00. The molecule has 8 nitrogen and oxygen atoms in total. The number of nitrogens with zero attached hydrogens (tertiary/aromatic N) is 4. The first-order valence-electron chi connectivity index (χ1n) is 10.6. The number of anilines is 1. The van der Waals surface area contributed by atoms with Crippen molar-refractivity contribution in [2.45, 2.75) is 46.5 Å². The number of carbonyl (C=O) groups is 2. The van der Waals surface area contributed by atoms with Crippen LogP contribution in [-0.4, -0.2) is 64.5 Å². The lowest BCUT2D eigenvalue weighted by atomic mass is 10.1. The lowest BCUT2D eigenvalue weighted by Crippen LogP contribution is -2.50. The van der Waals surface area contributed by atoms with Gasteiger partial charge in [-0.1, -0.05) is 30.3 Å². The van der Waals surface area contributed by atoms with E-state index in [2.05, 4.69) is 27.3 Å². The minimum absolute atomic E-state index is 0.0218. The van der Waals surface area contributed by atoms with Crippen LogP contribution in [0.3, 0.4) is 0 Å². The number of amides is 2. The van der Waals surface area contributed by atoms with Gasteiger partial charge in [0.05, 0.1) is 6.54 Å². The summed E-state index contributed by atoms with van der Waals surface area (Å²) in [7, 11) is 0. The maximum absolute atomic E-state index is 12.5. The van der Waals surface area contributed by atoms with E-state index in [1.807, 2.05) is 36.9 Å². The summed E-state index contributed by atoms with van der Waals surface area (Å²) in [5, 5.41) is 6.94. The molecule has 1 aromatic heterocycles. The summed E-state index contributed by atoms with van der Waals surface area (Å²) < 4.78 is 5.20. The first-order chi connectivity index (χ1) is 14.5. The summed E-state index contributed by atoms with van der Waals surface area (Å²) in [5.74, 6) is 1.29. The maximum atomic E-state index is 12.5. The lowest BCUT2D eigenvalue weighted by Gasteiger charge is -2.34. The van der Waals surface area contributed by atoms with Crippen molar-refractivity contribution >= 4 is 17.5 Å². The van der Waals surface area contributed by atoms with E-state index < -0.39 is 0 Å². The van der Waals surface area contributed by atoms with Crippen LogP contribution in [0.4, 0.5) is 5.69 Å². The Morgan fingerprint density at radius 2 is 1.80 bits per heavy atom. The van der Waals surface area contributed by atoms with Gasteiger partial charge < -0.3 is 14.7 Å². The van der Waals surface area contributed by atoms with E-state index in [0.717, 1.165) is 29.7 Å². The number of aryl methyl sites for hydroxylation is 4. The van der Waals surface area contributed by atoms with Crippen molar-refractivity contribution < 1.29 is 14.1 Å². The fraction of sp³-hybridized carbons (Fsp3) is 0.545. The van der Waals surface area contributed by atoms with E-state index in [-0.39, 0.29) is 11.8 Å². The number of hydrogen-bond acceptors (Lipinski definition) is 6. The third-order valence-corrected chi connectivity index (χ3v) is 5.37. The zero-order chi connectivity index (χ0) is 21.5. The van der Waals surface area contributed by atoms with Crippen LogP contribution in [0, 0.1) is 13.8 Å². The molecule has 0 spiro atoms. The van der Waals surface area contributed by atoms with Gasteiger partial charge in [-0.15, -0.1) is 0 Å². The van der Waals surface area contributed by atoms with Gasteiger partial charge in [0.2, 0.25) is 17.7 Å². The molecule has 2 heterocycles. The van der Waals surface area contributed by atoms with Crippen LogP contribution < -0.4 is 5.32 Å². The number of piperazine rings is 1. The van der Waals surface area contributed by atoms with Crippen molar-refractivity contribution in [2.24, 2.45) is 0 Å². The van der Waals surface area contributed by atoms with Crippen LogP contribution in [0.2, 0.25) is 0 Å². The third-order valence-electron chi connectivity index (χ3n) is 5.37. The van der Waals surface area contributed by atoms with Crippen LogP contribution in [0.5, 0.6) is 0 Å². The molecule has 1 aromatic carbocycles. The van der Waals surface area contributed by atoms with Gasteiger partial charge in [0.25, 0.3) is 0 Å². The molecule has 30 heavy (non-hydrogen) atoms. The van der Waals surface area contributed by atoms with Gasteiger partial charge in [0.15, 0.2) is 5.82 Å². The van der Waals surface area contributed by atoms with Gasteiger partial charge in [-0.2, -0.15) is 4.98 Å². The van der Waals surface area contributed by atoms with Gasteiger partial charge in [-0.25, -0.2) is 0 Å².